The molecular weight excluding hydrogens is 339 g/mol. The fourth-order valence-corrected chi connectivity index (χ4v) is 4.41. The van der Waals surface area contributed by atoms with Crippen LogP contribution in [0.3, 0.4) is 0 Å². The van der Waals surface area contributed by atoms with Crippen LogP contribution in [0.2, 0.25) is 9.36 Å². The normalized spacial score (nSPS) is 13.3. The van der Waals surface area contributed by atoms with Crippen molar-refractivity contribution in [3.8, 4) is 0 Å². The lowest BCUT2D eigenvalue weighted by molar-refractivity contribution is 0.569. The Morgan fingerprint density at radius 3 is 2.55 bits per heavy atom. The first-order valence-electron chi connectivity index (χ1n) is 5.62. The monoisotopic (exact) mass is 350 g/mol. The summed E-state index contributed by atoms with van der Waals surface area (Å²) >= 11 is 13.0. The van der Waals surface area contributed by atoms with Gasteiger partial charge in [-0.1, -0.05) is 23.2 Å². The van der Waals surface area contributed by atoms with Crippen molar-refractivity contribution < 1.29 is 8.42 Å². The number of hydrogen-bond acceptors (Lipinski definition) is 4. The molecule has 20 heavy (non-hydrogen) atoms. The smallest absolute Gasteiger partial charge is 0.243 e. The minimum Gasteiger partial charge on any atom is -0.398 e. The fraction of sp³-hybridized carbons (Fsp3) is 0.167. The number of benzene rings is 1. The predicted molar refractivity (Wildman–Crippen MR) is 83.9 cm³/mol. The third kappa shape index (κ3) is 3.45. The maximum Gasteiger partial charge on any atom is 0.243 e. The van der Waals surface area contributed by atoms with Crippen molar-refractivity contribution >= 4 is 50.2 Å². The van der Waals surface area contributed by atoms with Crippen LogP contribution in [0.25, 0.3) is 0 Å². The molecule has 0 aliphatic carbocycles. The zero-order chi connectivity index (χ0) is 14.9. The summed E-state index contributed by atoms with van der Waals surface area (Å²) < 4.78 is 27.8. The highest BCUT2D eigenvalue weighted by Gasteiger charge is 2.22. The Balaban J connectivity index is 2.29. The van der Waals surface area contributed by atoms with Crippen LogP contribution < -0.4 is 10.5 Å². The van der Waals surface area contributed by atoms with E-state index in [9.17, 15) is 8.42 Å². The number of anilines is 1. The van der Waals surface area contributed by atoms with Crippen molar-refractivity contribution in [2.24, 2.45) is 0 Å². The number of nitrogens with two attached hydrogens (primary N) is 1. The third-order valence-electron chi connectivity index (χ3n) is 2.62. The summed E-state index contributed by atoms with van der Waals surface area (Å²) in [6, 6.07) is 7.42. The molecule has 1 aromatic heterocycles. The van der Waals surface area contributed by atoms with Crippen molar-refractivity contribution in [1.29, 1.82) is 0 Å². The number of rotatable bonds is 4. The summed E-state index contributed by atoms with van der Waals surface area (Å²) in [4.78, 5) is 0.790. The summed E-state index contributed by atoms with van der Waals surface area (Å²) in [5.74, 6) is 0. The number of hydrogen-bond donors (Lipinski definition) is 2. The second-order valence-electron chi connectivity index (χ2n) is 4.17. The molecule has 0 radical (unpaired) electrons. The first-order valence-corrected chi connectivity index (χ1v) is 8.68. The number of nitrogens with one attached hydrogen (secondary N) is 1. The lowest BCUT2D eigenvalue weighted by atomic mass is 10.3. The molecule has 8 heteroatoms. The standard InChI is InChI=1S/C12H12Cl2N2O2S2/c1-7(10-4-5-12(14)19-10)16-20(17,18)11-6-8(13)2-3-9(11)15/h2-7,16H,15H2,1H3. The van der Waals surface area contributed by atoms with E-state index < -0.39 is 16.1 Å². The van der Waals surface area contributed by atoms with Gasteiger partial charge in [-0.2, -0.15) is 0 Å². The Kier molecular flexibility index (Phi) is 4.61. The van der Waals surface area contributed by atoms with Crippen molar-refractivity contribution in [1.82, 2.24) is 4.72 Å². The van der Waals surface area contributed by atoms with Crippen LogP contribution in [0.4, 0.5) is 5.69 Å². The lowest BCUT2D eigenvalue weighted by Gasteiger charge is -2.14. The zero-order valence-electron chi connectivity index (χ0n) is 10.4. The molecule has 1 heterocycles. The molecule has 0 aliphatic heterocycles. The molecule has 0 fully saturated rings. The molecule has 0 bridgehead atoms. The van der Waals surface area contributed by atoms with Gasteiger partial charge in [0.1, 0.15) is 4.90 Å². The van der Waals surface area contributed by atoms with Crippen molar-refractivity contribution in [2.45, 2.75) is 17.9 Å². The van der Waals surface area contributed by atoms with Gasteiger partial charge in [-0.15, -0.1) is 11.3 Å². The van der Waals surface area contributed by atoms with Gasteiger partial charge in [-0.25, -0.2) is 13.1 Å². The zero-order valence-corrected chi connectivity index (χ0v) is 13.6. The minimum atomic E-state index is -3.75. The van der Waals surface area contributed by atoms with Gasteiger partial charge < -0.3 is 5.73 Å². The molecule has 1 aromatic carbocycles. The second-order valence-corrected chi connectivity index (χ2v) is 8.03. The highest BCUT2D eigenvalue weighted by Crippen LogP contribution is 2.29. The number of sulfonamides is 1. The van der Waals surface area contributed by atoms with E-state index in [2.05, 4.69) is 4.72 Å². The molecule has 1 unspecified atom stereocenters. The Morgan fingerprint density at radius 1 is 1.25 bits per heavy atom. The van der Waals surface area contributed by atoms with Crippen LogP contribution in [-0.2, 0) is 10.0 Å². The molecule has 108 valence electrons. The van der Waals surface area contributed by atoms with Crippen molar-refractivity contribution in [3.63, 3.8) is 0 Å². The largest absolute Gasteiger partial charge is 0.398 e. The van der Waals surface area contributed by atoms with Crippen LogP contribution in [-0.4, -0.2) is 8.42 Å². The number of thiophene rings is 1. The van der Waals surface area contributed by atoms with Crippen LogP contribution in [0, 0.1) is 0 Å². The van der Waals surface area contributed by atoms with Crippen molar-refractivity contribution in [2.75, 3.05) is 5.73 Å². The maximum absolute atomic E-state index is 12.3. The van der Waals surface area contributed by atoms with E-state index in [0.717, 1.165) is 4.88 Å². The Hall–Kier alpha value is -0.790. The molecule has 0 amide bonds. The molecule has 2 rings (SSSR count). The highest BCUT2D eigenvalue weighted by atomic mass is 35.5. The van der Waals surface area contributed by atoms with Gasteiger partial charge in [0.25, 0.3) is 0 Å². The van der Waals surface area contributed by atoms with Crippen LogP contribution in [0.5, 0.6) is 0 Å². The summed E-state index contributed by atoms with van der Waals surface area (Å²) in [6.07, 6.45) is 0. The lowest BCUT2D eigenvalue weighted by Crippen LogP contribution is -2.27. The fourth-order valence-electron chi connectivity index (χ4n) is 1.66. The SMILES string of the molecule is CC(NS(=O)(=O)c1cc(Cl)ccc1N)c1ccc(Cl)s1. The van der Waals surface area contributed by atoms with Crippen LogP contribution >= 0.6 is 34.5 Å². The summed E-state index contributed by atoms with van der Waals surface area (Å²) in [7, 11) is -3.75. The molecule has 0 saturated heterocycles. The van der Waals surface area contributed by atoms with Crippen molar-refractivity contribution in [3.05, 3.63) is 44.6 Å². The van der Waals surface area contributed by atoms with Gasteiger partial charge in [0.2, 0.25) is 10.0 Å². The summed E-state index contributed by atoms with van der Waals surface area (Å²) in [5, 5.41) is 0.311. The first kappa shape index (κ1) is 15.6. The van der Waals surface area contributed by atoms with E-state index in [-0.39, 0.29) is 10.6 Å². The Labute approximate surface area is 131 Å². The average molecular weight is 351 g/mol. The summed E-state index contributed by atoms with van der Waals surface area (Å²) in [6.45, 7) is 1.74. The number of halogens is 2. The first-order chi connectivity index (χ1) is 9.29. The van der Waals surface area contributed by atoms with E-state index in [0.29, 0.717) is 9.36 Å². The van der Waals surface area contributed by atoms with Gasteiger partial charge in [0.05, 0.1) is 16.1 Å². The van der Waals surface area contributed by atoms with Gasteiger partial charge >= 0.3 is 0 Å². The van der Waals surface area contributed by atoms with E-state index in [1.807, 2.05) is 0 Å². The van der Waals surface area contributed by atoms with E-state index in [4.69, 9.17) is 28.9 Å². The van der Waals surface area contributed by atoms with Gasteiger partial charge in [-0.05, 0) is 37.3 Å². The molecule has 0 spiro atoms. The molecular formula is C12H12Cl2N2O2S2. The van der Waals surface area contributed by atoms with E-state index in [1.165, 1.54) is 23.5 Å². The number of nitrogen functional groups attached to an aromatic ring is 1. The Morgan fingerprint density at radius 2 is 1.95 bits per heavy atom. The third-order valence-corrected chi connectivity index (χ3v) is 5.86. The predicted octanol–water partition coefficient (Wildman–Crippen LogP) is 3.68. The average Bonchev–Trinajstić information content (AvgIpc) is 2.78. The molecule has 0 saturated carbocycles. The Bertz CT molecular complexity index is 729. The van der Waals surface area contributed by atoms with E-state index >= 15 is 0 Å². The van der Waals surface area contributed by atoms with Crippen LogP contribution in [0.15, 0.2) is 35.2 Å². The van der Waals surface area contributed by atoms with Crippen LogP contribution in [0.1, 0.15) is 17.8 Å². The molecule has 0 aliphatic rings. The molecule has 1 atom stereocenters. The van der Waals surface area contributed by atoms with Gasteiger partial charge in [0.15, 0.2) is 0 Å². The van der Waals surface area contributed by atoms with Gasteiger partial charge in [-0.3, -0.25) is 0 Å². The summed E-state index contributed by atoms with van der Waals surface area (Å²) in [5.41, 5.74) is 5.85. The molecule has 3 N–H and O–H groups in total. The van der Waals surface area contributed by atoms with E-state index in [1.54, 1.807) is 25.1 Å². The highest BCUT2D eigenvalue weighted by molar-refractivity contribution is 7.89. The van der Waals surface area contributed by atoms with Gasteiger partial charge in [0, 0.05) is 9.90 Å². The second kappa shape index (κ2) is 5.91. The quantitative estimate of drug-likeness (QED) is 0.826. The minimum absolute atomic E-state index is 0.0282. The molecule has 2 aromatic rings. The molecule has 4 nitrogen and oxygen atoms in total. The maximum atomic E-state index is 12.3. The topological polar surface area (TPSA) is 72.2 Å².